The molecule has 1 saturated carbocycles. The van der Waals surface area contributed by atoms with Crippen LogP contribution in [-0.2, 0) is 4.74 Å². The predicted molar refractivity (Wildman–Crippen MR) is 57.8 cm³/mol. The standard InChI is InChI=1S/C11H20N2O2/c1-12(2)11(14)13-7-8-15-10-6-4-3-5-9(10)13/h9-10H,3-8H2,1-2H3/t9-,10-/m0/s1. The Balaban J connectivity index is 2.06. The summed E-state index contributed by atoms with van der Waals surface area (Å²) in [7, 11) is 3.63. The zero-order chi connectivity index (χ0) is 10.8. The summed E-state index contributed by atoms with van der Waals surface area (Å²) in [6.07, 6.45) is 4.97. The van der Waals surface area contributed by atoms with Crippen molar-refractivity contribution in [2.75, 3.05) is 27.2 Å². The molecular weight excluding hydrogens is 192 g/mol. The first kappa shape index (κ1) is 10.7. The van der Waals surface area contributed by atoms with Crippen molar-refractivity contribution in [2.45, 2.75) is 37.8 Å². The molecule has 0 aromatic rings. The third-order valence-corrected chi connectivity index (χ3v) is 3.36. The Kier molecular flexibility index (Phi) is 3.14. The topological polar surface area (TPSA) is 32.8 Å². The van der Waals surface area contributed by atoms with Gasteiger partial charge in [-0.05, 0) is 12.8 Å². The molecule has 2 aliphatic rings. The minimum Gasteiger partial charge on any atom is -0.374 e. The molecule has 0 N–H and O–H groups in total. The van der Waals surface area contributed by atoms with E-state index in [9.17, 15) is 4.79 Å². The maximum atomic E-state index is 11.9. The van der Waals surface area contributed by atoms with Gasteiger partial charge in [0.15, 0.2) is 0 Å². The molecule has 2 rings (SSSR count). The van der Waals surface area contributed by atoms with Crippen molar-refractivity contribution in [3.05, 3.63) is 0 Å². The van der Waals surface area contributed by atoms with Crippen LogP contribution in [0.3, 0.4) is 0 Å². The fraction of sp³-hybridized carbons (Fsp3) is 0.909. The first-order valence-electron chi connectivity index (χ1n) is 5.79. The molecule has 0 unspecified atom stereocenters. The van der Waals surface area contributed by atoms with Gasteiger partial charge in [0.05, 0.1) is 18.8 Å². The van der Waals surface area contributed by atoms with Crippen LogP contribution in [0.2, 0.25) is 0 Å². The monoisotopic (exact) mass is 212 g/mol. The van der Waals surface area contributed by atoms with E-state index in [-0.39, 0.29) is 12.1 Å². The van der Waals surface area contributed by atoms with Crippen LogP contribution in [0.25, 0.3) is 0 Å². The van der Waals surface area contributed by atoms with Gasteiger partial charge in [0, 0.05) is 20.6 Å². The number of nitrogens with zero attached hydrogens (tertiary/aromatic N) is 2. The van der Waals surface area contributed by atoms with Gasteiger partial charge in [-0.3, -0.25) is 0 Å². The number of rotatable bonds is 0. The Morgan fingerprint density at radius 1 is 1.33 bits per heavy atom. The van der Waals surface area contributed by atoms with Gasteiger partial charge in [0.1, 0.15) is 0 Å². The number of carbonyl (C=O) groups is 1. The number of hydrogen-bond acceptors (Lipinski definition) is 2. The summed E-state index contributed by atoms with van der Waals surface area (Å²) in [5.41, 5.74) is 0. The molecule has 0 aromatic carbocycles. The van der Waals surface area contributed by atoms with E-state index in [1.54, 1.807) is 4.90 Å². The molecule has 2 amide bonds. The number of fused-ring (bicyclic) bond motifs is 1. The average Bonchev–Trinajstić information content (AvgIpc) is 2.27. The molecule has 1 heterocycles. The van der Waals surface area contributed by atoms with Gasteiger partial charge in [-0.2, -0.15) is 0 Å². The lowest BCUT2D eigenvalue weighted by atomic mass is 9.90. The molecule has 0 spiro atoms. The predicted octanol–water partition coefficient (Wildman–Crippen LogP) is 1.31. The van der Waals surface area contributed by atoms with Crippen LogP contribution < -0.4 is 0 Å². The zero-order valence-electron chi connectivity index (χ0n) is 9.61. The zero-order valence-corrected chi connectivity index (χ0v) is 9.61. The summed E-state index contributed by atoms with van der Waals surface area (Å²) in [5, 5.41) is 0. The van der Waals surface area contributed by atoms with Crippen LogP contribution in [-0.4, -0.2) is 55.2 Å². The summed E-state index contributed by atoms with van der Waals surface area (Å²) >= 11 is 0. The van der Waals surface area contributed by atoms with Gasteiger partial charge >= 0.3 is 6.03 Å². The average molecular weight is 212 g/mol. The fourth-order valence-electron chi connectivity index (χ4n) is 2.59. The summed E-state index contributed by atoms with van der Waals surface area (Å²) < 4.78 is 5.73. The normalized spacial score (nSPS) is 30.9. The molecule has 0 bridgehead atoms. The van der Waals surface area contributed by atoms with E-state index in [2.05, 4.69) is 0 Å². The number of ether oxygens (including phenoxy) is 1. The highest BCUT2D eigenvalue weighted by atomic mass is 16.5. The van der Waals surface area contributed by atoms with E-state index >= 15 is 0 Å². The Bertz CT molecular complexity index is 241. The number of urea groups is 1. The van der Waals surface area contributed by atoms with Crippen molar-refractivity contribution in [1.82, 2.24) is 9.80 Å². The van der Waals surface area contributed by atoms with Crippen molar-refractivity contribution < 1.29 is 9.53 Å². The molecule has 4 nitrogen and oxygen atoms in total. The van der Waals surface area contributed by atoms with Crippen molar-refractivity contribution in [3.8, 4) is 0 Å². The number of amides is 2. The molecular formula is C11H20N2O2. The molecule has 4 heteroatoms. The van der Waals surface area contributed by atoms with Gasteiger partial charge < -0.3 is 14.5 Å². The molecule has 0 radical (unpaired) electrons. The second-order valence-electron chi connectivity index (χ2n) is 4.63. The van der Waals surface area contributed by atoms with Crippen molar-refractivity contribution in [3.63, 3.8) is 0 Å². The van der Waals surface area contributed by atoms with Gasteiger partial charge in [-0.15, -0.1) is 0 Å². The Labute approximate surface area is 91.2 Å². The molecule has 0 aromatic heterocycles. The molecule has 1 aliphatic carbocycles. The smallest absolute Gasteiger partial charge is 0.319 e. The van der Waals surface area contributed by atoms with Gasteiger partial charge in [0.2, 0.25) is 0 Å². The fourth-order valence-corrected chi connectivity index (χ4v) is 2.59. The van der Waals surface area contributed by atoms with Crippen molar-refractivity contribution in [1.29, 1.82) is 0 Å². The van der Waals surface area contributed by atoms with E-state index in [1.807, 2.05) is 19.0 Å². The van der Waals surface area contributed by atoms with Gasteiger partial charge in [-0.25, -0.2) is 4.79 Å². The van der Waals surface area contributed by atoms with Crippen molar-refractivity contribution in [2.24, 2.45) is 0 Å². The van der Waals surface area contributed by atoms with E-state index in [0.29, 0.717) is 12.6 Å². The highest BCUT2D eigenvalue weighted by Crippen LogP contribution is 2.28. The lowest BCUT2D eigenvalue weighted by Crippen LogP contribution is -2.57. The molecule has 1 saturated heterocycles. The number of morpholine rings is 1. The number of carbonyl (C=O) groups excluding carboxylic acids is 1. The van der Waals surface area contributed by atoms with E-state index in [0.717, 1.165) is 19.4 Å². The maximum Gasteiger partial charge on any atom is 0.319 e. The third kappa shape index (κ3) is 2.09. The van der Waals surface area contributed by atoms with Gasteiger partial charge in [-0.1, -0.05) is 12.8 Å². The van der Waals surface area contributed by atoms with E-state index in [4.69, 9.17) is 4.74 Å². The Morgan fingerprint density at radius 2 is 2.07 bits per heavy atom. The minimum absolute atomic E-state index is 0.134. The second-order valence-corrected chi connectivity index (χ2v) is 4.63. The quantitative estimate of drug-likeness (QED) is 0.606. The minimum atomic E-state index is 0.134. The van der Waals surface area contributed by atoms with E-state index < -0.39 is 0 Å². The van der Waals surface area contributed by atoms with Crippen LogP contribution in [0.5, 0.6) is 0 Å². The Hall–Kier alpha value is -0.770. The highest BCUT2D eigenvalue weighted by molar-refractivity contribution is 5.74. The van der Waals surface area contributed by atoms with Gasteiger partial charge in [0.25, 0.3) is 0 Å². The second kappa shape index (κ2) is 4.39. The first-order chi connectivity index (χ1) is 7.20. The molecule has 1 aliphatic heterocycles. The van der Waals surface area contributed by atoms with Crippen LogP contribution in [0, 0.1) is 0 Å². The summed E-state index contributed by atoms with van der Waals surface area (Å²) in [5.74, 6) is 0. The summed E-state index contributed by atoms with van der Waals surface area (Å²) in [6, 6.07) is 0.456. The summed E-state index contributed by atoms with van der Waals surface area (Å²) in [4.78, 5) is 15.6. The van der Waals surface area contributed by atoms with Crippen LogP contribution in [0.15, 0.2) is 0 Å². The maximum absolute atomic E-state index is 11.9. The SMILES string of the molecule is CN(C)C(=O)N1CCO[C@H]2CCCC[C@@H]21. The van der Waals surface area contributed by atoms with Crippen LogP contribution >= 0.6 is 0 Å². The molecule has 2 atom stereocenters. The third-order valence-electron chi connectivity index (χ3n) is 3.36. The molecule has 15 heavy (non-hydrogen) atoms. The lowest BCUT2D eigenvalue weighted by molar-refractivity contribution is -0.0741. The number of hydrogen-bond donors (Lipinski definition) is 0. The lowest BCUT2D eigenvalue weighted by Gasteiger charge is -2.44. The van der Waals surface area contributed by atoms with E-state index in [1.165, 1.54) is 12.8 Å². The first-order valence-corrected chi connectivity index (χ1v) is 5.79. The Morgan fingerprint density at radius 3 is 2.80 bits per heavy atom. The molecule has 86 valence electrons. The van der Waals surface area contributed by atoms with Crippen molar-refractivity contribution >= 4 is 6.03 Å². The van der Waals surface area contributed by atoms with Crippen LogP contribution in [0.1, 0.15) is 25.7 Å². The molecule has 2 fully saturated rings. The van der Waals surface area contributed by atoms with Crippen LogP contribution in [0.4, 0.5) is 4.79 Å². The highest BCUT2D eigenvalue weighted by Gasteiger charge is 2.37. The largest absolute Gasteiger partial charge is 0.374 e. The summed E-state index contributed by atoms with van der Waals surface area (Å²) in [6.45, 7) is 1.44.